The second-order valence-electron chi connectivity index (χ2n) is 8.89. The molecule has 3 heterocycles. The Bertz CT molecular complexity index is 1360. The van der Waals surface area contributed by atoms with Crippen molar-refractivity contribution in [1.29, 1.82) is 0 Å². The minimum Gasteiger partial charge on any atom is -0.422 e. The summed E-state index contributed by atoms with van der Waals surface area (Å²) in [5.74, 6) is 1.03. The summed E-state index contributed by atoms with van der Waals surface area (Å²) in [6.45, 7) is 4.01. The number of likely N-dealkylation sites (tertiary alicyclic amines) is 1. The molecular weight excluding hydrogens is 414 g/mol. The van der Waals surface area contributed by atoms with E-state index in [2.05, 4.69) is 39.5 Å². The largest absolute Gasteiger partial charge is 0.422 e. The Hall–Kier alpha value is -3.51. The van der Waals surface area contributed by atoms with Crippen LogP contribution in [-0.2, 0) is 11.2 Å². The summed E-state index contributed by atoms with van der Waals surface area (Å²) >= 11 is 0. The van der Waals surface area contributed by atoms with Gasteiger partial charge >= 0.3 is 5.63 Å². The van der Waals surface area contributed by atoms with Crippen LogP contribution >= 0.6 is 0 Å². The van der Waals surface area contributed by atoms with Gasteiger partial charge in [-0.1, -0.05) is 42.5 Å². The van der Waals surface area contributed by atoms with Crippen LogP contribution in [-0.4, -0.2) is 35.4 Å². The summed E-state index contributed by atoms with van der Waals surface area (Å²) in [5, 5.41) is 4.14. The zero-order valence-corrected chi connectivity index (χ0v) is 18.7. The van der Waals surface area contributed by atoms with E-state index in [0.717, 1.165) is 43.3 Å². The second-order valence-corrected chi connectivity index (χ2v) is 8.89. The third kappa shape index (κ3) is 4.66. The van der Waals surface area contributed by atoms with Gasteiger partial charge in [0.25, 0.3) is 0 Å². The number of nitrogens with zero attached hydrogens (tertiary/aromatic N) is 2. The van der Waals surface area contributed by atoms with Crippen molar-refractivity contribution < 1.29 is 9.21 Å². The molecule has 4 aromatic rings. The SMILES string of the molecule is Cc1cc(NC(=O)CN2CCC(Cc3ccccc3)CC2)nc2c1c(=O)oc1ccccc12. The number of hydrogen-bond acceptors (Lipinski definition) is 5. The van der Waals surface area contributed by atoms with Crippen molar-refractivity contribution in [2.75, 3.05) is 25.0 Å². The number of para-hydroxylation sites is 1. The standard InChI is InChI=1S/C27H27N3O3/c1-18-15-23(29-26-21-9-5-6-10-22(21)33-27(32)25(18)26)28-24(31)17-30-13-11-20(12-14-30)16-19-7-3-2-4-8-19/h2-10,15,20H,11-14,16-17H2,1H3,(H,28,29,31). The minimum absolute atomic E-state index is 0.0879. The zero-order chi connectivity index (χ0) is 22.8. The zero-order valence-electron chi connectivity index (χ0n) is 18.7. The Morgan fingerprint density at radius 3 is 2.61 bits per heavy atom. The van der Waals surface area contributed by atoms with Crippen molar-refractivity contribution >= 4 is 33.6 Å². The molecule has 1 saturated heterocycles. The Kier molecular flexibility index (Phi) is 5.92. The molecular formula is C27H27N3O3. The molecule has 5 rings (SSSR count). The number of aryl methyl sites for hydroxylation is 1. The summed E-state index contributed by atoms with van der Waals surface area (Å²) in [5.41, 5.74) is 2.75. The fourth-order valence-corrected chi connectivity index (χ4v) is 4.77. The maximum absolute atomic E-state index is 12.8. The summed E-state index contributed by atoms with van der Waals surface area (Å²) in [6.07, 6.45) is 3.29. The van der Waals surface area contributed by atoms with Crippen LogP contribution in [0.25, 0.3) is 21.9 Å². The van der Waals surface area contributed by atoms with Crippen LogP contribution in [0.3, 0.4) is 0 Å². The van der Waals surface area contributed by atoms with E-state index in [0.29, 0.717) is 34.8 Å². The van der Waals surface area contributed by atoms with Crippen LogP contribution in [0.15, 0.2) is 69.9 Å². The number of benzene rings is 2. The number of hydrogen-bond donors (Lipinski definition) is 1. The lowest BCUT2D eigenvalue weighted by molar-refractivity contribution is -0.117. The molecule has 0 saturated carbocycles. The van der Waals surface area contributed by atoms with E-state index in [1.807, 2.05) is 31.2 Å². The summed E-state index contributed by atoms with van der Waals surface area (Å²) in [4.78, 5) is 32.0. The van der Waals surface area contributed by atoms with Crippen LogP contribution in [0.4, 0.5) is 5.82 Å². The highest BCUT2D eigenvalue weighted by Gasteiger charge is 2.21. The van der Waals surface area contributed by atoms with Gasteiger partial charge in [-0.25, -0.2) is 9.78 Å². The number of nitrogens with one attached hydrogen (secondary N) is 1. The lowest BCUT2D eigenvalue weighted by Crippen LogP contribution is -2.39. The number of anilines is 1. The van der Waals surface area contributed by atoms with Crippen LogP contribution in [0, 0.1) is 12.8 Å². The molecule has 1 aliphatic rings. The van der Waals surface area contributed by atoms with E-state index in [-0.39, 0.29) is 5.91 Å². The molecule has 168 valence electrons. The van der Waals surface area contributed by atoms with Crippen molar-refractivity contribution in [2.45, 2.75) is 26.2 Å². The first-order valence-corrected chi connectivity index (χ1v) is 11.5. The number of pyridine rings is 1. The first-order chi connectivity index (χ1) is 16.1. The number of aromatic nitrogens is 1. The molecule has 0 bridgehead atoms. The van der Waals surface area contributed by atoms with Gasteiger partial charge in [0.15, 0.2) is 0 Å². The maximum Gasteiger partial charge on any atom is 0.346 e. The van der Waals surface area contributed by atoms with E-state index in [1.165, 1.54) is 5.56 Å². The molecule has 2 aromatic heterocycles. The van der Waals surface area contributed by atoms with Crippen molar-refractivity contribution in [3.8, 4) is 0 Å². The molecule has 6 nitrogen and oxygen atoms in total. The van der Waals surface area contributed by atoms with Gasteiger partial charge in [0.2, 0.25) is 5.91 Å². The second kappa shape index (κ2) is 9.16. The van der Waals surface area contributed by atoms with Gasteiger partial charge in [0.05, 0.1) is 17.4 Å². The van der Waals surface area contributed by atoms with Gasteiger partial charge < -0.3 is 9.73 Å². The van der Waals surface area contributed by atoms with Crippen LogP contribution in [0.1, 0.15) is 24.0 Å². The molecule has 1 N–H and O–H groups in total. The summed E-state index contributed by atoms with van der Waals surface area (Å²) in [6, 6.07) is 19.7. The number of fused-ring (bicyclic) bond motifs is 3. The highest BCUT2D eigenvalue weighted by Crippen LogP contribution is 2.25. The average Bonchev–Trinajstić information content (AvgIpc) is 2.81. The Morgan fingerprint density at radius 2 is 1.82 bits per heavy atom. The van der Waals surface area contributed by atoms with Crippen molar-refractivity contribution in [3.05, 3.63) is 82.2 Å². The Morgan fingerprint density at radius 1 is 1.09 bits per heavy atom. The molecule has 0 unspecified atom stereocenters. The van der Waals surface area contributed by atoms with Crippen molar-refractivity contribution in [1.82, 2.24) is 9.88 Å². The first-order valence-electron chi connectivity index (χ1n) is 11.5. The lowest BCUT2D eigenvalue weighted by atomic mass is 9.90. The molecule has 1 aliphatic heterocycles. The van der Waals surface area contributed by atoms with Gasteiger partial charge in [0, 0.05) is 5.39 Å². The number of carbonyl (C=O) groups excluding carboxylic acids is 1. The Labute approximate surface area is 192 Å². The monoisotopic (exact) mass is 441 g/mol. The average molecular weight is 442 g/mol. The van der Waals surface area contributed by atoms with Gasteiger partial charge in [-0.2, -0.15) is 0 Å². The third-order valence-corrected chi connectivity index (χ3v) is 6.47. The predicted octanol–water partition coefficient (Wildman–Crippen LogP) is 4.54. The summed E-state index contributed by atoms with van der Waals surface area (Å²) < 4.78 is 5.43. The number of amides is 1. The number of carbonyl (C=O) groups is 1. The molecule has 0 radical (unpaired) electrons. The molecule has 0 spiro atoms. The van der Waals surface area contributed by atoms with E-state index in [1.54, 1.807) is 12.1 Å². The molecule has 6 heteroatoms. The van der Waals surface area contributed by atoms with Gasteiger partial charge in [-0.3, -0.25) is 9.69 Å². The predicted molar refractivity (Wildman–Crippen MR) is 130 cm³/mol. The minimum atomic E-state index is -0.412. The number of rotatable bonds is 5. The third-order valence-electron chi connectivity index (χ3n) is 6.47. The molecule has 33 heavy (non-hydrogen) atoms. The van der Waals surface area contributed by atoms with E-state index >= 15 is 0 Å². The lowest BCUT2D eigenvalue weighted by Gasteiger charge is -2.31. The molecule has 1 fully saturated rings. The number of piperidine rings is 1. The normalized spacial score (nSPS) is 15.2. The van der Waals surface area contributed by atoms with E-state index in [9.17, 15) is 9.59 Å². The van der Waals surface area contributed by atoms with Crippen LogP contribution < -0.4 is 10.9 Å². The topological polar surface area (TPSA) is 75.4 Å². The first kappa shape index (κ1) is 21.3. The smallest absolute Gasteiger partial charge is 0.346 e. The van der Waals surface area contributed by atoms with E-state index < -0.39 is 5.63 Å². The van der Waals surface area contributed by atoms with Crippen LogP contribution in [0.2, 0.25) is 0 Å². The fraction of sp³-hybridized carbons (Fsp3) is 0.296. The highest BCUT2D eigenvalue weighted by molar-refractivity contribution is 6.04. The molecule has 0 aliphatic carbocycles. The van der Waals surface area contributed by atoms with Gasteiger partial charge in [0.1, 0.15) is 11.4 Å². The van der Waals surface area contributed by atoms with Gasteiger partial charge in [-0.15, -0.1) is 0 Å². The quantitative estimate of drug-likeness (QED) is 0.363. The molecule has 1 amide bonds. The fourth-order valence-electron chi connectivity index (χ4n) is 4.77. The Balaban J connectivity index is 1.25. The molecule has 2 aromatic carbocycles. The van der Waals surface area contributed by atoms with Crippen molar-refractivity contribution in [2.24, 2.45) is 5.92 Å². The summed E-state index contributed by atoms with van der Waals surface area (Å²) in [7, 11) is 0. The van der Waals surface area contributed by atoms with Crippen LogP contribution in [0.5, 0.6) is 0 Å². The van der Waals surface area contributed by atoms with Gasteiger partial charge in [-0.05, 0) is 74.5 Å². The van der Waals surface area contributed by atoms with E-state index in [4.69, 9.17) is 4.42 Å². The maximum atomic E-state index is 12.8. The molecule has 0 atom stereocenters. The van der Waals surface area contributed by atoms with Crippen molar-refractivity contribution in [3.63, 3.8) is 0 Å². The highest BCUT2D eigenvalue weighted by atomic mass is 16.4.